The Balaban J connectivity index is 2.39. The van der Waals surface area contributed by atoms with Gasteiger partial charge in [0.1, 0.15) is 0 Å². The summed E-state index contributed by atoms with van der Waals surface area (Å²) < 4.78 is 23.8. The third kappa shape index (κ3) is 2.48. The number of nitrogens with one attached hydrogen (secondary N) is 1. The molecule has 0 radical (unpaired) electrons. The number of sulfone groups is 1. The van der Waals surface area contributed by atoms with Crippen LogP contribution in [0.15, 0.2) is 24.3 Å². The Morgan fingerprint density at radius 3 is 2.82 bits per heavy atom. The van der Waals surface area contributed by atoms with Gasteiger partial charge in [-0.1, -0.05) is 12.1 Å². The van der Waals surface area contributed by atoms with Crippen LogP contribution in [0.1, 0.15) is 21.2 Å². The SMILES string of the molecule is O=C(O)c1cccc(C2CNCCS2(=O)=O)c1. The molecule has 1 aromatic rings. The molecular weight excluding hydrogens is 242 g/mol. The van der Waals surface area contributed by atoms with Crippen LogP contribution < -0.4 is 5.32 Å². The first-order valence-corrected chi connectivity index (χ1v) is 6.98. The van der Waals surface area contributed by atoms with E-state index in [0.717, 1.165) is 0 Å². The van der Waals surface area contributed by atoms with Crippen LogP contribution >= 0.6 is 0 Å². The average molecular weight is 255 g/mol. The van der Waals surface area contributed by atoms with Gasteiger partial charge in [-0.3, -0.25) is 0 Å². The van der Waals surface area contributed by atoms with E-state index in [1.807, 2.05) is 0 Å². The van der Waals surface area contributed by atoms with Crippen LogP contribution in [0, 0.1) is 0 Å². The van der Waals surface area contributed by atoms with Crippen LogP contribution in [-0.2, 0) is 9.84 Å². The van der Waals surface area contributed by atoms with Crippen LogP contribution in [0.4, 0.5) is 0 Å². The molecule has 92 valence electrons. The summed E-state index contributed by atoms with van der Waals surface area (Å²) in [5.74, 6) is -0.956. The minimum Gasteiger partial charge on any atom is -0.478 e. The summed E-state index contributed by atoms with van der Waals surface area (Å²) in [6.07, 6.45) is 0. The van der Waals surface area contributed by atoms with Gasteiger partial charge < -0.3 is 10.4 Å². The molecule has 6 heteroatoms. The lowest BCUT2D eigenvalue weighted by Gasteiger charge is -2.23. The summed E-state index contributed by atoms with van der Waals surface area (Å²) in [6, 6.07) is 6.11. The molecule has 1 aliphatic rings. The van der Waals surface area contributed by atoms with Crippen molar-refractivity contribution in [2.24, 2.45) is 0 Å². The third-order valence-electron chi connectivity index (χ3n) is 2.83. The van der Waals surface area contributed by atoms with E-state index in [9.17, 15) is 13.2 Å². The Hall–Kier alpha value is -1.40. The Kier molecular flexibility index (Phi) is 3.17. The van der Waals surface area contributed by atoms with E-state index < -0.39 is 21.1 Å². The first kappa shape index (κ1) is 12.1. The van der Waals surface area contributed by atoms with E-state index in [1.54, 1.807) is 12.1 Å². The van der Waals surface area contributed by atoms with E-state index in [0.29, 0.717) is 18.7 Å². The van der Waals surface area contributed by atoms with Gasteiger partial charge in [0.2, 0.25) is 0 Å². The first-order valence-electron chi connectivity index (χ1n) is 5.26. The summed E-state index contributed by atoms with van der Waals surface area (Å²) in [5.41, 5.74) is 0.653. The van der Waals surface area contributed by atoms with Gasteiger partial charge in [-0.2, -0.15) is 0 Å². The number of carbonyl (C=O) groups is 1. The Bertz CT molecular complexity index is 538. The molecule has 5 nitrogen and oxygen atoms in total. The zero-order valence-electron chi connectivity index (χ0n) is 9.09. The molecule has 17 heavy (non-hydrogen) atoms. The second kappa shape index (κ2) is 4.46. The van der Waals surface area contributed by atoms with Crippen LogP contribution in [0.3, 0.4) is 0 Å². The molecule has 1 unspecified atom stereocenters. The minimum absolute atomic E-state index is 0.0922. The number of hydrogen-bond acceptors (Lipinski definition) is 4. The second-order valence-corrected chi connectivity index (χ2v) is 6.29. The van der Waals surface area contributed by atoms with E-state index in [2.05, 4.69) is 5.32 Å². The van der Waals surface area contributed by atoms with Crippen LogP contribution in [0.2, 0.25) is 0 Å². The summed E-state index contributed by atoms with van der Waals surface area (Å²) >= 11 is 0. The molecular formula is C11H13NO4S. The molecule has 1 aliphatic heterocycles. The van der Waals surface area contributed by atoms with Gasteiger partial charge in [-0.05, 0) is 17.7 Å². The van der Waals surface area contributed by atoms with Crippen molar-refractivity contribution in [3.63, 3.8) is 0 Å². The first-order chi connectivity index (χ1) is 8.00. The van der Waals surface area contributed by atoms with Crippen molar-refractivity contribution < 1.29 is 18.3 Å². The van der Waals surface area contributed by atoms with Gasteiger partial charge in [0.15, 0.2) is 9.84 Å². The van der Waals surface area contributed by atoms with Crippen molar-refractivity contribution in [3.8, 4) is 0 Å². The van der Waals surface area contributed by atoms with Gasteiger partial charge in [-0.15, -0.1) is 0 Å². The highest BCUT2D eigenvalue weighted by Crippen LogP contribution is 2.25. The molecule has 0 amide bonds. The molecule has 1 fully saturated rings. The van der Waals surface area contributed by atoms with E-state index in [-0.39, 0.29) is 11.3 Å². The third-order valence-corrected chi connectivity index (χ3v) is 4.91. The van der Waals surface area contributed by atoms with E-state index in [4.69, 9.17) is 5.11 Å². The zero-order valence-corrected chi connectivity index (χ0v) is 9.90. The van der Waals surface area contributed by atoms with Gasteiger partial charge in [0.05, 0.1) is 16.6 Å². The maximum absolute atomic E-state index is 11.9. The lowest BCUT2D eigenvalue weighted by Crippen LogP contribution is -2.38. The molecule has 2 N–H and O–H groups in total. The lowest BCUT2D eigenvalue weighted by atomic mass is 10.1. The maximum Gasteiger partial charge on any atom is 0.335 e. The molecule has 0 spiro atoms. The van der Waals surface area contributed by atoms with Gasteiger partial charge in [0, 0.05) is 13.1 Å². The quantitative estimate of drug-likeness (QED) is 0.801. The molecule has 0 aliphatic carbocycles. The summed E-state index contributed by atoms with van der Waals surface area (Å²) in [7, 11) is -3.17. The molecule has 0 saturated carbocycles. The van der Waals surface area contributed by atoms with Crippen molar-refractivity contribution in [2.75, 3.05) is 18.8 Å². The molecule has 1 saturated heterocycles. The minimum atomic E-state index is -3.17. The molecule has 0 aromatic heterocycles. The number of rotatable bonds is 2. The number of carboxylic acid groups (broad SMARTS) is 1. The Morgan fingerprint density at radius 1 is 1.41 bits per heavy atom. The highest BCUT2D eigenvalue weighted by Gasteiger charge is 2.30. The van der Waals surface area contributed by atoms with E-state index >= 15 is 0 Å². The predicted molar refractivity (Wildman–Crippen MR) is 62.8 cm³/mol. The molecule has 1 heterocycles. The van der Waals surface area contributed by atoms with E-state index in [1.165, 1.54) is 12.1 Å². The largest absolute Gasteiger partial charge is 0.478 e. The van der Waals surface area contributed by atoms with Crippen molar-refractivity contribution in [3.05, 3.63) is 35.4 Å². The molecule has 0 bridgehead atoms. The number of benzene rings is 1. The van der Waals surface area contributed by atoms with Crippen molar-refractivity contribution in [1.29, 1.82) is 0 Å². The van der Waals surface area contributed by atoms with Gasteiger partial charge in [-0.25, -0.2) is 13.2 Å². The van der Waals surface area contributed by atoms with Gasteiger partial charge in [0.25, 0.3) is 0 Å². The predicted octanol–water partition coefficient (Wildman–Crippen LogP) is 0.444. The summed E-state index contributed by atoms with van der Waals surface area (Å²) in [6.45, 7) is 0.795. The molecule has 1 aromatic carbocycles. The van der Waals surface area contributed by atoms with Crippen molar-refractivity contribution in [2.45, 2.75) is 5.25 Å². The maximum atomic E-state index is 11.9. The average Bonchev–Trinajstić information content (AvgIpc) is 2.28. The summed E-state index contributed by atoms with van der Waals surface area (Å²) in [4.78, 5) is 10.8. The van der Waals surface area contributed by atoms with Gasteiger partial charge >= 0.3 is 5.97 Å². The molecule has 2 rings (SSSR count). The summed E-state index contributed by atoms with van der Waals surface area (Å²) in [5, 5.41) is 11.2. The lowest BCUT2D eigenvalue weighted by molar-refractivity contribution is 0.0696. The van der Waals surface area contributed by atoms with Crippen molar-refractivity contribution >= 4 is 15.8 Å². The number of carboxylic acids is 1. The fourth-order valence-corrected chi connectivity index (χ4v) is 3.56. The highest BCUT2D eigenvalue weighted by atomic mass is 32.2. The topological polar surface area (TPSA) is 83.5 Å². The van der Waals surface area contributed by atoms with Crippen LogP contribution in [0.5, 0.6) is 0 Å². The Labute approximate surface area is 99.4 Å². The number of aromatic carboxylic acids is 1. The number of hydrogen-bond donors (Lipinski definition) is 2. The smallest absolute Gasteiger partial charge is 0.335 e. The van der Waals surface area contributed by atoms with Crippen molar-refractivity contribution in [1.82, 2.24) is 5.32 Å². The normalized spacial score (nSPS) is 23.2. The van der Waals surface area contributed by atoms with Crippen LogP contribution in [-0.4, -0.2) is 38.3 Å². The second-order valence-electron chi connectivity index (χ2n) is 3.99. The fraction of sp³-hybridized carbons (Fsp3) is 0.364. The highest BCUT2D eigenvalue weighted by molar-refractivity contribution is 7.91. The fourth-order valence-electron chi connectivity index (χ4n) is 1.91. The molecule has 1 atom stereocenters. The zero-order chi connectivity index (χ0) is 12.5. The standard InChI is InChI=1S/C11H13NO4S/c13-11(14)9-3-1-2-8(6-9)10-7-12-4-5-17(10,15)16/h1-3,6,10,12H,4-5,7H2,(H,13,14). The monoisotopic (exact) mass is 255 g/mol. The van der Waals surface area contributed by atoms with Crippen LogP contribution in [0.25, 0.3) is 0 Å². The Morgan fingerprint density at radius 2 is 2.18 bits per heavy atom.